The summed E-state index contributed by atoms with van der Waals surface area (Å²) in [7, 11) is 0. The Morgan fingerprint density at radius 2 is 2.12 bits per heavy atom. The summed E-state index contributed by atoms with van der Waals surface area (Å²) in [6, 6.07) is 6.27. The second-order valence-electron chi connectivity index (χ2n) is 4.06. The summed E-state index contributed by atoms with van der Waals surface area (Å²) in [5.74, 6) is -0.274. The lowest BCUT2D eigenvalue weighted by molar-refractivity contribution is -0.121. The molecule has 3 nitrogen and oxygen atoms in total. The van der Waals surface area contributed by atoms with Crippen molar-refractivity contribution in [3.63, 3.8) is 0 Å². The first-order chi connectivity index (χ1) is 7.74. The van der Waals surface area contributed by atoms with Gasteiger partial charge in [0.2, 0.25) is 5.91 Å². The van der Waals surface area contributed by atoms with E-state index in [2.05, 4.69) is 10.6 Å². The monoisotopic (exact) mass is 258 g/mol. The highest BCUT2D eigenvalue weighted by Gasteiger charge is 2.16. The van der Waals surface area contributed by atoms with Crippen molar-refractivity contribution in [3.8, 4) is 0 Å². The van der Waals surface area contributed by atoms with Crippen molar-refractivity contribution in [2.75, 3.05) is 13.1 Å². The Hall–Kier alpha value is -1.13. The fraction of sp³-hybridized carbons (Fsp3) is 0.417. The molecule has 2 N–H and O–H groups in total. The molecule has 94 valence electrons. The van der Waals surface area contributed by atoms with Crippen LogP contribution in [0.4, 0.5) is 4.39 Å². The molecule has 1 aromatic carbocycles. The smallest absolute Gasteiger partial charge is 0.224 e. The van der Waals surface area contributed by atoms with Gasteiger partial charge < -0.3 is 10.6 Å². The molecule has 0 bridgehead atoms. The molecule has 17 heavy (non-hydrogen) atoms. The lowest BCUT2D eigenvalue weighted by atomic mass is 10.1. The van der Waals surface area contributed by atoms with E-state index in [1.807, 2.05) is 0 Å². The predicted octanol–water partition coefficient (Wildman–Crippen LogP) is 1.27. The number of nitrogens with one attached hydrogen (secondary N) is 2. The predicted molar refractivity (Wildman–Crippen MR) is 66.8 cm³/mol. The van der Waals surface area contributed by atoms with Gasteiger partial charge in [0.05, 0.1) is 6.42 Å². The van der Waals surface area contributed by atoms with Crippen molar-refractivity contribution in [2.24, 2.45) is 0 Å². The van der Waals surface area contributed by atoms with E-state index in [4.69, 9.17) is 0 Å². The molecule has 2 rings (SSSR count). The Morgan fingerprint density at radius 3 is 2.71 bits per heavy atom. The van der Waals surface area contributed by atoms with Crippen LogP contribution in [0.3, 0.4) is 0 Å². The molecule has 0 aromatic heterocycles. The van der Waals surface area contributed by atoms with Gasteiger partial charge >= 0.3 is 0 Å². The molecular formula is C12H16ClFN2O. The molecule has 5 heteroatoms. The lowest BCUT2D eigenvalue weighted by Gasteiger charge is -2.11. The van der Waals surface area contributed by atoms with Crippen molar-refractivity contribution in [3.05, 3.63) is 35.6 Å². The number of carbonyl (C=O) groups excluding carboxylic acids is 1. The van der Waals surface area contributed by atoms with Gasteiger partial charge in [-0.25, -0.2) is 4.39 Å². The Labute approximate surface area is 106 Å². The zero-order chi connectivity index (χ0) is 11.4. The zero-order valence-electron chi connectivity index (χ0n) is 9.41. The minimum absolute atomic E-state index is 0. The van der Waals surface area contributed by atoms with E-state index in [0.29, 0.717) is 6.42 Å². The standard InChI is InChI=1S/C12H15FN2O.ClH/c13-10-3-1-9(2-4-10)7-12(16)15-11-5-6-14-8-11;/h1-4,11,14H,5-8H2,(H,15,16);1H. The molecule has 1 amide bonds. The number of halogens is 2. The van der Waals surface area contributed by atoms with Gasteiger partial charge in [0.1, 0.15) is 5.82 Å². The van der Waals surface area contributed by atoms with Crippen LogP contribution in [0.2, 0.25) is 0 Å². The Kier molecular flexibility index (Phi) is 5.38. The summed E-state index contributed by atoms with van der Waals surface area (Å²) < 4.78 is 12.6. The average Bonchev–Trinajstić information content (AvgIpc) is 2.74. The highest BCUT2D eigenvalue weighted by molar-refractivity contribution is 5.85. The molecule has 1 fully saturated rings. The first kappa shape index (κ1) is 13.9. The van der Waals surface area contributed by atoms with Crippen molar-refractivity contribution >= 4 is 18.3 Å². The molecule has 1 aliphatic heterocycles. The summed E-state index contributed by atoms with van der Waals surface area (Å²) in [6.45, 7) is 1.80. The summed E-state index contributed by atoms with van der Waals surface area (Å²) >= 11 is 0. The fourth-order valence-electron chi connectivity index (χ4n) is 1.84. The topological polar surface area (TPSA) is 41.1 Å². The first-order valence-electron chi connectivity index (χ1n) is 5.48. The highest BCUT2D eigenvalue weighted by Crippen LogP contribution is 2.04. The second kappa shape index (κ2) is 6.57. The molecular weight excluding hydrogens is 243 g/mol. The van der Waals surface area contributed by atoms with E-state index in [9.17, 15) is 9.18 Å². The van der Waals surface area contributed by atoms with Gasteiger partial charge in [0.25, 0.3) is 0 Å². The minimum atomic E-state index is -0.274. The number of hydrogen-bond acceptors (Lipinski definition) is 2. The minimum Gasteiger partial charge on any atom is -0.352 e. The van der Waals surface area contributed by atoms with E-state index in [1.165, 1.54) is 12.1 Å². The maximum Gasteiger partial charge on any atom is 0.224 e. The maximum atomic E-state index is 12.6. The first-order valence-corrected chi connectivity index (χ1v) is 5.48. The largest absolute Gasteiger partial charge is 0.352 e. The van der Waals surface area contributed by atoms with E-state index in [0.717, 1.165) is 25.1 Å². The normalized spacial score (nSPS) is 18.5. The maximum absolute atomic E-state index is 12.6. The number of hydrogen-bond donors (Lipinski definition) is 2. The van der Waals surface area contributed by atoms with Crippen molar-refractivity contribution in [2.45, 2.75) is 18.9 Å². The molecule has 0 radical (unpaired) electrons. The van der Waals surface area contributed by atoms with Crippen molar-refractivity contribution < 1.29 is 9.18 Å². The number of carbonyl (C=O) groups is 1. The van der Waals surface area contributed by atoms with Crippen LogP contribution < -0.4 is 10.6 Å². The number of amides is 1. The van der Waals surface area contributed by atoms with E-state index >= 15 is 0 Å². The Morgan fingerprint density at radius 1 is 1.41 bits per heavy atom. The molecule has 1 heterocycles. The quantitative estimate of drug-likeness (QED) is 0.857. The van der Waals surface area contributed by atoms with Crippen LogP contribution >= 0.6 is 12.4 Å². The summed E-state index contributed by atoms with van der Waals surface area (Å²) in [5.41, 5.74) is 0.838. The van der Waals surface area contributed by atoms with Gasteiger partial charge in [-0.1, -0.05) is 12.1 Å². The lowest BCUT2D eigenvalue weighted by Crippen LogP contribution is -2.37. The Balaban J connectivity index is 0.00000144. The van der Waals surface area contributed by atoms with Crippen molar-refractivity contribution in [1.82, 2.24) is 10.6 Å². The molecule has 1 aliphatic rings. The van der Waals surface area contributed by atoms with Gasteiger partial charge in [0, 0.05) is 12.6 Å². The van der Waals surface area contributed by atoms with Crippen LogP contribution in [0.15, 0.2) is 24.3 Å². The van der Waals surface area contributed by atoms with E-state index in [-0.39, 0.29) is 30.2 Å². The third-order valence-corrected chi connectivity index (χ3v) is 2.70. The van der Waals surface area contributed by atoms with Crippen LogP contribution in [0, 0.1) is 5.82 Å². The summed E-state index contributed by atoms with van der Waals surface area (Å²) in [5, 5.41) is 6.13. The molecule has 1 aromatic rings. The molecule has 1 unspecified atom stereocenters. The van der Waals surface area contributed by atoms with Crippen LogP contribution in [-0.4, -0.2) is 25.0 Å². The Bertz CT molecular complexity index is 363. The molecule has 0 spiro atoms. The summed E-state index contributed by atoms with van der Waals surface area (Å²) in [6.07, 6.45) is 1.30. The average molecular weight is 259 g/mol. The van der Waals surface area contributed by atoms with E-state index < -0.39 is 0 Å². The molecule has 0 aliphatic carbocycles. The molecule has 1 atom stereocenters. The van der Waals surface area contributed by atoms with E-state index in [1.54, 1.807) is 12.1 Å². The van der Waals surface area contributed by atoms with Crippen LogP contribution in [0.5, 0.6) is 0 Å². The molecule has 1 saturated heterocycles. The zero-order valence-corrected chi connectivity index (χ0v) is 10.2. The van der Waals surface area contributed by atoms with Crippen LogP contribution in [0.1, 0.15) is 12.0 Å². The van der Waals surface area contributed by atoms with Gasteiger partial charge in [-0.15, -0.1) is 12.4 Å². The summed E-state index contributed by atoms with van der Waals surface area (Å²) in [4.78, 5) is 11.6. The highest BCUT2D eigenvalue weighted by atomic mass is 35.5. The number of rotatable bonds is 3. The van der Waals surface area contributed by atoms with Crippen molar-refractivity contribution in [1.29, 1.82) is 0 Å². The van der Waals surface area contributed by atoms with Gasteiger partial charge in [-0.3, -0.25) is 4.79 Å². The molecule has 0 saturated carbocycles. The SMILES string of the molecule is Cl.O=C(Cc1ccc(F)cc1)NC1CCNC1. The second-order valence-corrected chi connectivity index (χ2v) is 4.06. The van der Waals surface area contributed by atoms with Crippen LogP contribution in [-0.2, 0) is 11.2 Å². The third kappa shape index (κ3) is 4.32. The van der Waals surface area contributed by atoms with Crippen LogP contribution in [0.25, 0.3) is 0 Å². The third-order valence-electron chi connectivity index (χ3n) is 2.70. The van der Waals surface area contributed by atoms with Gasteiger partial charge in [-0.05, 0) is 30.7 Å². The van der Waals surface area contributed by atoms with Gasteiger partial charge in [-0.2, -0.15) is 0 Å². The fourth-order valence-corrected chi connectivity index (χ4v) is 1.84. The van der Waals surface area contributed by atoms with Gasteiger partial charge in [0.15, 0.2) is 0 Å². The number of benzene rings is 1.